The van der Waals surface area contributed by atoms with E-state index in [-0.39, 0.29) is 20.9 Å². The molecule has 80 valence electrons. The van der Waals surface area contributed by atoms with Gasteiger partial charge in [-0.2, -0.15) is 0 Å². The summed E-state index contributed by atoms with van der Waals surface area (Å²) in [5, 5.41) is 0. The number of hydrogen-bond acceptors (Lipinski definition) is 0. The molecule has 0 unspecified atom stereocenters. The van der Waals surface area contributed by atoms with Crippen molar-refractivity contribution in [3.05, 3.63) is 71.2 Å². The van der Waals surface area contributed by atoms with E-state index >= 15 is 0 Å². The SMILES string of the molecule is Br/C=C(/[Te]c1ccccc1)c1ccccc1. The van der Waals surface area contributed by atoms with Gasteiger partial charge in [-0.05, 0) is 0 Å². The maximum absolute atomic E-state index is 3.48. The van der Waals surface area contributed by atoms with Crippen molar-refractivity contribution in [3.63, 3.8) is 0 Å². The van der Waals surface area contributed by atoms with Gasteiger partial charge in [-0.25, -0.2) is 0 Å². The van der Waals surface area contributed by atoms with Gasteiger partial charge in [0.1, 0.15) is 0 Å². The van der Waals surface area contributed by atoms with Crippen LogP contribution in [0.5, 0.6) is 0 Å². The van der Waals surface area contributed by atoms with Gasteiger partial charge in [-0.15, -0.1) is 0 Å². The molecule has 0 amide bonds. The number of hydrogen-bond donors (Lipinski definition) is 0. The van der Waals surface area contributed by atoms with Crippen LogP contribution in [0, 0.1) is 0 Å². The molecule has 0 heterocycles. The Morgan fingerprint density at radius 1 is 0.875 bits per heavy atom. The minimum atomic E-state index is -0.296. The summed E-state index contributed by atoms with van der Waals surface area (Å²) in [6, 6.07) is 21.3. The van der Waals surface area contributed by atoms with Crippen molar-refractivity contribution >= 4 is 44.1 Å². The summed E-state index contributed by atoms with van der Waals surface area (Å²) in [5.41, 5.74) is 1.32. The van der Waals surface area contributed by atoms with Gasteiger partial charge in [-0.1, -0.05) is 0 Å². The van der Waals surface area contributed by atoms with Crippen LogP contribution >= 0.6 is 15.9 Å². The zero-order valence-corrected chi connectivity index (χ0v) is 12.6. The molecule has 16 heavy (non-hydrogen) atoms. The van der Waals surface area contributed by atoms with Crippen LogP contribution in [0.25, 0.3) is 3.62 Å². The van der Waals surface area contributed by atoms with Crippen LogP contribution in [0.2, 0.25) is 0 Å². The van der Waals surface area contributed by atoms with Crippen molar-refractivity contribution in [2.24, 2.45) is 0 Å². The topological polar surface area (TPSA) is 0 Å². The summed E-state index contributed by atoms with van der Waals surface area (Å²) in [6.45, 7) is 0. The van der Waals surface area contributed by atoms with Crippen molar-refractivity contribution in [2.45, 2.75) is 0 Å². The molecule has 0 spiro atoms. The Balaban J connectivity index is 2.20. The molecule has 0 atom stereocenters. The van der Waals surface area contributed by atoms with Crippen LogP contribution in [0.1, 0.15) is 5.56 Å². The molecule has 0 nitrogen and oxygen atoms in total. The molecule has 0 saturated heterocycles. The molecule has 2 aromatic carbocycles. The van der Waals surface area contributed by atoms with Gasteiger partial charge in [0, 0.05) is 0 Å². The second-order valence-corrected chi connectivity index (χ2v) is 6.90. The molecular formula is C14H11BrTe. The molecule has 0 bridgehead atoms. The molecule has 0 radical (unpaired) electrons. The van der Waals surface area contributed by atoms with Crippen LogP contribution in [0.3, 0.4) is 0 Å². The molecular weight excluding hydrogens is 376 g/mol. The molecule has 0 N–H and O–H groups in total. The van der Waals surface area contributed by atoms with E-state index in [9.17, 15) is 0 Å². The first-order valence-corrected chi connectivity index (χ1v) is 8.23. The molecule has 2 heteroatoms. The Hall–Kier alpha value is -0.550. The van der Waals surface area contributed by atoms with E-state index in [2.05, 4.69) is 81.6 Å². The van der Waals surface area contributed by atoms with Gasteiger partial charge >= 0.3 is 115 Å². The first-order chi connectivity index (χ1) is 7.90. The van der Waals surface area contributed by atoms with E-state index < -0.39 is 0 Å². The van der Waals surface area contributed by atoms with Gasteiger partial charge in [0.2, 0.25) is 0 Å². The zero-order chi connectivity index (χ0) is 11.2. The van der Waals surface area contributed by atoms with Crippen molar-refractivity contribution in [3.8, 4) is 0 Å². The van der Waals surface area contributed by atoms with Gasteiger partial charge in [0.15, 0.2) is 0 Å². The van der Waals surface area contributed by atoms with E-state index in [0.717, 1.165) is 0 Å². The summed E-state index contributed by atoms with van der Waals surface area (Å²) in [4.78, 5) is 2.07. The third-order valence-corrected chi connectivity index (χ3v) is 6.62. The van der Waals surface area contributed by atoms with Crippen LogP contribution in [0.15, 0.2) is 65.6 Å². The summed E-state index contributed by atoms with van der Waals surface area (Å²) in [6.07, 6.45) is 0. The van der Waals surface area contributed by atoms with Gasteiger partial charge in [0.05, 0.1) is 0 Å². The van der Waals surface area contributed by atoms with Gasteiger partial charge < -0.3 is 0 Å². The maximum atomic E-state index is 3.48. The van der Waals surface area contributed by atoms with E-state index in [4.69, 9.17) is 0 Å². The van der Waals surface area contributed by atoms with Crippen LogP contribution < -0.4 is 3.61 Å². The molecule has 0 fully saturated rings. The zero-order valence-electron chi connectivity index (χ0n) is 8.64. The fourth-order valence-corrected chi connectivity index (χ4v) is 4.67. The normalized spacial score (nSPS) is 11.4. The third-order valence-electron chi connectivity index (χ3n) is 2.13. The monoisotopic (exact) mass is 388 g/mol. The summed E-state index contributed by atoms with van der Waals surface area (Å²) in [5.74, 6) is 0. The Morgan fingerprint density at radius 3 is 2.00 bits per heavy atom. The summed E-state index contributed by atoms with van der Waals surface area (Å²) < 4.78 is 2.89. The van der Waals surface area contributed by atoms with Crippen LogP contribution in [0.4, 0.5) is 0 Å². The average Bonchev–Trinajstić information content (AvgIpc) is 2.38. The molecule has 0 aliphatic carbocycles. The third kappa shape index (κ3) is 3.22. The first kappa shape index (κ1) is 11.9. The Morgan fingerprint density at radius 2 is 1.44 bits per heavy atom. The average molecular weight is 387 g/mol. The van der Waals surface area contributed by atoms with Crippen LogP contribution in [-0.2, 0) is 0 Å². The summed E-state index contributed by atoms with van der Waals surface area (Å²) in [7, 11) is 0. The number of halogens is 1. The molecule has 0 saturated carbocycles. The molecule has 0 aromatic heterocycles. The number of rotatable bonds is 3. The van der Waals surface area contributed by atoms with E-state index in [0.29, 0.717) is 0 Å². The number of benzene rings is 2. The molecule has 2 aromatic rings. The molecule has 0 aliphatic rings. The van der Waals surface area contributed by atoms with E-state index in [1.54, 1.807) is 0 Å². The Kier molecular flexibility index (Phi) is 4.66. The second-order valence-electron chi connectivity index (χ2n) is 3.25. The predicted molar refractivity (Wildman–Crippen MR) is 75.2 cm³/mol. The fraction of sp³-hybridized carbons (Fsp3) is 0. The molecule has 2 rings (SSSR count). The fourth-order valence-electron chi connectivity index (χ4n) is 1.36. The second kappa shape index (κ2) is 6.25. The van der Waals surface area contributed by atoms with Gasteiger partial charge in [0.25, 0.3) is 0 Å². The predicted octanol–water partition coefficient (Wildman–Crippen LogP) is 3.41. The van der Waals surface area contributed by atoms with Gasteiger partial charge in [-0.3, -0.25) is 0 Å². The minimum absolute atomic E-state index is 0.296. The summed E-state index contributed by atoms with van der Waals surface area (Å²) >= 11 is 3.18. The van der Waals surface area contributed by atoms with Crippen molar-refractivity contribution in [2.75, 3.05) is 0 Å². The first-order valence-electron chi connectivity index (χ1n) is 4.99. The van der Waals surface area contributed by atoms with E-state index in [1.165, 1.54) is 12.8 Å². The van der Waals surface area contributed by atoms with Crippen molar-refractivity contribution in [1.29, 1.82) is 0 Å². The van der Waals surface area contributed by atoms with Crippen molar-refractivity contribution in [1.82, 2.24) is 0 Å². The Bertz CT molecular complexity index is 463. The van der Waals surface area contributed by atoms with E-state index in [1.807, 2.05) is 0 Å². The molecule has 0 aliphatic heterocycles. The Labute approximate surface area is 115 Å². The standard InChI is InChI=1S/C14H11BrTe/c15-11-14(12-7-3-1-4-8-12)16-13-9-5-2-6-10-13/h1-11H/b14-11+. The quantitative estimate of drug-likeness (QED) is 0.709. The van der Waals surface area contributed by atoms with Crippen LogP contribution in [-0.4, -0.2) is 20.9 Å². The van der Waals surface area contributed by atoms with Crippen molar-refractivity contribution < 1.29 is 0 Å².